The molecule has 0 saturated heterocycles. The van der Waals surface area contributed by atoms with Gasteiger partial charge in [-0.05, 0) is 30.3 Å². The maximum absolute atomic E-state index is 13.7. The zero-order valence-electron chi connectivity index (χ0n) is 12.0. The lowest BCUT2D eigenvalue weighted by molar-refractivity contribution is 0.586. The molecule has 0 atom stereocenters. The van der Waals surface area contributed by atoms with Crippen molar-refractivity contribution in [2.75, 3.05) is 10.6 Å². The molecule has 0 radical (unpaired) electrons. The molecule has 3 aromatic rings. The molecule has 0 amide bonds. The second-order valence-electron chi connectivity index (χ2n) is 4.74. The number of hydrogen-bond acceptors (Lipinski definition) is 4. The minimum Gasteiger partial charge on any atom is -0.339 e. The second kappa shape index (κ2) is 6.98. The summed E-state index contributed by atoms with van der Waals surface area (Å²) in [7, 11) is 0. The Kier molecular flexibility index (Phi) is 4.78. The largest absolute Gasteiger partial charge is 0.339 e. The Balaban J connectivity index is 1.82. The van der Waals surface area contributed by atoms with Crippen molar-refractivity contribution in [1.29, 1.82) is 0 Å². The summed E-state index contributed by atoms with van der Waals surface area (Å²) < 4.78 is 26.6. The van der Waals surface area contributed by atoms with E-state index < -0.39 is 11.6 Å². The van der Waals surface area contributed by atoms with Gasteiger partial charge in [-0.15, -0.1) is 0 Å². The van der Waals surface area contributed by atoms with Crippen molar-refractivity contribution >= 4 is 46.3 Å². The summed E-state index contributed by atoms with van der Waals surface area (Å²) in [4.78, 5) is 8.20. The average molecular weight is 367 g/mol. The van der Waals surface area contributed by atoms with Crippen LogP contribution in [0.25, 0.3) is 0 Å². The van der Waals surface area contributed by atoms with E-state index in [1.165, 1.54) is 12.3 Å². The van der Waals surface area contributed by atoms with Gasteiger partial charge in [-0.2, -0.15) is 4.98 Å². The topological polar surface area (TPSA) is 49.8 Å². The molecule has 1 heterocycles. The molecule has 0 aliphatic rings. The third-order valence-electron chi connectivity index (χ3n) is 3.05. The maximum atomic E-state index is 13.7. The fourth-order valence-corrected chi connectivity index (χ4v) is 2.29. The summed E-state index contributed by atoms with van der Waals surface area (Å²) in [6.07, 6.45) is 1.48. The highest BCUT2D eigenvalue weighted by Crippen LogP contribution is 2.31. The summed E-state index contributed by atoms with van der Waals surface area (Å²) in [6, 6.07) is 9.94. The summed E-state index contributed by atoms with van der Waals surface area (Å²) in [5.74, 6) is -0.831. The van der Waals surface area contributed by atoms with Crippen LogP contribution in [0.1, 0.15) is 0 Å². The average Bonchev–Trinajstić information content (AvgIpc) is 2.55. The van der Waals surface area contributed by atoms with Crippen LogP contribution in [-0.4, -0.2) is 9.97 Å². The van der Waals surface area contributed by atoms with E-state index in [4.69, 9.17) is 23.2 Å². The lowest BCUT2D eigenvalue weighted by atomic mass is 10.3. The van der Waals surface area contributed by atoms with Crippen LogP contribution in [-0.2, 0) is 0 Å². The predicted molar refractivity (Wildman–Crippen MR) is 91.4 cm³/mol. The molecule has 0 bridgehead atoms. The summed E-state index contributed by atoms with van der Waals surface area (Å²) in [5, 5.41) is 6.45. The molecule has 0 aliphatic carbocycles. The number of hydrogen-bond donors (Lipinski definition) is 2. The van der Waals surface area contributed by atoms with Crippen LogP contribution in [0, 0.1) is 11.6 Å². The van der Waals surface area contributed by atoms with Crippen molar-refractivity contribution in [3.8, 4) is 0 Å². The molecule has 1 aromatic heterocycles. The van der Waals surface area contributed by atoms with Gasteiger partial charge in [0, 0.05) is 12.3 Å². The molecule has 2 aromatic carbocycles. The second-order valence-corrected chi connectivity index (χ2v) is 5.53. The van der Waals surface area contributed by atoms with Crippen LogP contribution in [0.2, 0.25) is 10.0 Å². The van der Waals surface area contributed by atoms with Crippen LogP contribution in [0.5, 0.6) is 0 Å². The highest BCUT2D eigenvalue weighted by molar-refractivity contribution is 6.43. The summed E-state index contributed by atoms with van der Waals surface area (Å²) in [6.45, 7) is 0. The van der Waals surface area contributed by atoms with Crippen molar-refractivity contribution in [3.05, 3.63) is 70.3 Å². The van der Waals surface area contributed by atoms with Crippen LogP contribution < -0.4 is 10.6 Å². The van der Waals surface area contributed by atoms with Crippen LogP contribution in [0.3, 0.4) is 0 Å². The van der Waals surface area contributed by atoms with Gasteiger partial charge in [0.15, 0.2) is 0 Å². The first-order valence-electron chi connectivity index (χ1n) is 6.79. The molecule has 0 unspecified atom stereocenters. The van der Waals surface area contributed by atoms with Gasteiger partial charge in [0.25, 0.3) is 0 Å². The van der Waals surface area contributed by atoms with E-state index in [1.54, 1.807) is 24.3 Å². The Bertz CT molecular complexity index is 890. The normalized spacial score (nSPS) is 10.5. The van der Waals surface area contributed by atoms with E-state index in [0.717, 1.165) is 12.1 Å². The van der Waals surface area contributed by atoms with Gasteiger partial charge in [-0.1, -0.05) is 29.3 Å². The molecule has 0 spiro atoms. The first kappa shape index (κ1) is 16.4. The number of halogens is 4. The molecule has 0 saturated carbocycles. The Morgan fingerprint density at radius 1 is 0.917 bits per heavy atom. The Morgan fingerprint density at radius 2 is 1.75 bits per heavy atom. The van der Waals surface area contributed by atoms with Crippen LogP contribution in [0.15, 0.2) is 48.7 Å². The Morgan fingerprint density at radius 3 is 2.54 bits per heavy atom. The third kappa shape index (κ3) is 3.72. The van der Waals surface area contributed by atoms with Crippen molar-refractivity contribution in [3.63, 3.8) is 0 Å². The zero-order chi connectivity index (χ0) is 17.1. The predicted octanol–water partition coefficient (Wildman–Crippen LogP) is 5.55. The Hall–Kier alpha value is -2.44. The Labute approximate surface area is 146 Å². The molecule has 4 nitrogen and oxygen atoms in total. The first-order chi connectivity index (χ1) is 11.5. The maximum Gasteiger partial charge on any atom is 0.229 e. The van der Waals surface area contributed by atoms with Gasteiger partial charge in [-0.3, -0.25) is 0 Å². The SMILES string of the molecule is Fc1ccc(Nc2nccc(Nc3cccc(Cl)c3Cl)n2)c(F)c1. The van der Waals surface area contributed by atoms with Crippen molar-refractivity contribution < 1.29 is 8.78 Å². The van der Waals surface area contributed by atoms with Gasteiger partial charge < -0.3 is 10.6 Å². The molecule has 8 heteroatoms. The lowest BCUT2D eigenvalue weighted by Crippen LogP contribution is -2.02. The van der Waals surface area contributed by atoms with Crippen LogP contribution >= 0.6 is 23.2 Å². The molecule has 24 heavy (non-hydrogen) atoms. The number of anilines is 4. The standard InChI is InChI=1S/C16H10Cl2F2N4/c17-10-2-1-3-13(15(10)18)22-14-6-7-21-16(24-14)23-12-5-4-9(19)8-11(12)20/h1-8H,(H2,21,22,23,24). The number of benzene rings is 2. The minimum absolute atomic E-state index is 0.0642. The fraction of sp³-hybridized carbons (Fsp3) is 0. The quantitative estimate of drug-likeness (QED) is 0.635. The third-order valence-corrected chi connectivity index (χ3v) is 3.87. The van der Waals surface area contributed by atoms with Crippen molar-refractivity contribution in [2.24, 2.45) is 0 Å². The highest BCUT2D eigenvalue weighted by Gasteiger charge is 2.08. The number of nitrogens with zero attached hydrogens (tertiary/aromatic N) is 2. The summed E-state index contributed by atoms with van der Waals surface area (Å²) in [5.41, 5.74) is 0.635. The number of aromatic nitrogens is 2. The summed E-state index contributed by atoms with van der Waals surface area (Å²) >= 11 is 12.1. The molecule has 122 valence electrons. The molecule has 3 rings (SSSR count). The molecular weight excluding hydrogens is 357 g/mol. The van der Waals surface area contributed by atoms with E-state index in [2.05, 4.69) is 20.6 Å². The minimum atomic E-state index is -0.741. The van der Waals surface area contributed by atoms with Gasteiger partial charge in [-0.25, -0.2) is 13.8 Å². The van der Waals surface area contributed by atoms with Gasteiger partial charge >= 0.3 is 0 Å². The van der Waals surface area contributed by atoms with Gasteiger partial charge in [0.2, 0.25) is 5.95 Å². The van der Waals surface area contributed by atoms with E-state index in [-0.39, 0.29) is 11.6 Å². The van der Waals surface area contributed by atoms with Crippen molar-refractivity contribution in [1.82, 2.24) is 9.97 Å². The smallest absolute Gasteiger partial charge is 0.229 e. The van der Waals surface area contributed by atoms with Crippen LogP contribution in [0.4, 0.5) is 31.9 Å². The molecule has 0 aliphatic heterocycles. The zero-order valence-corrected chi connectivity index (χ0v) is 13.5. The first-order valence-corrected chi connectivity index (χ1v) is 7.54. The number of rotatable bonds is 4. The van der Waals surface area contributed by atoms with E-state index in [1.807, 2.05) is 0 Å². The molecular formula is C16H10Cl2F2N4. The number of nitrogens with one attached hydrogen (secondary N) is 2. The fourth-order valence-electron chi connectivity index (χ4n) is 1.94. The molecule has 2 N–H and O–H groups in total. The highest BCUT2D eigenvalue weighted by atomic mass is 35.5. The van der Waals surface area contributed by atoms with Gasteiger partial charge in [0.05, 0.1) is 21.4 Å². The van der Waals surface area contributed by atoms with E-state index in [0.29, 0.717) is 21.6 Å². The lowest BCUT2D eigenvalue weighted by Gasteiger charge is -2.10. The van der Waals surface area contributed by atoms with E-state index >= 15 is 0 Å². The molecule has 0 fully saturated rings. The van der Waals surface area contributed by atoms with Crippen molar-refractivity contribution in [2.45, 2.75) is 0 Å². The monoisotopic (exact) mass is 366 g/mol. The van der Waals surface area contributed by atoms with Gasteiger partial charge in [0.1, 0.15) is 17.5 Å². The van der Waals surface area contributed by atoms with E-state index in [9.17, 15) is 8.78 Å².